The minimum Gasteiger partial charge on any atom is -0.478 e. The van der Waals surface area contributed by atoms with E-state index in [1.54, 1.807) is 0 Å². The van der Waals surface area contributed by atoms with Crippen molar-refractivity contribution in [2.75, 3.05) is 5.32 Å². The lowest BCUT2D eigenvalue weighted by atomic mass is 9.95. The molecule has 0 aliphatic rings. The van der Waals surface area contributed by atoms with Gasteiger partial charge in [-0.3, -0.25) is 0 Å². The van der Waals surface area contributed by atoms with Crippen molar-refractivity contribution in [2.45, 2.75) is 66.3 Å². The van der Waals surface area contributed by atoms with Crippen molar-refractivity contribution in [3.63, 3.8) is 0 Å². The Hall–Kier alpha value is -1.65. The average molecular weight is 293 g/mol. The number of carboxylic acid groups (broad SMARTS) is 1. The van der Waals surface area contributed by atoms with E-state index in [4.69, 9.17) is 0 Å². The second kappa shape index (κ2) is 7.96. The van der Waals surface area contributed by atoms with Crippen LogP contribution in [0.2, 0.25) is 0 Å². The molecule has 0 bridgehead atoms. The molecular weight excluding hydrogens is 266 g/mol. The Morgan fingerprint density at radius 3 is 2.19 bits per heavy atom. The van der Waals surface area contributed by atoms with Gasteiger partial charge < -0.3 is 10.4 Å². The van der Waals surface area contributed by atoms with Crippen molar-refractivity contribution in [3.05, 3.63) is 16.8 Å². The molecule has 2 N–H and O–H groups in total. The molecule has 0 amide bonds. The molecule has 0 aliphatic heterocycles. The Bertz CT molecular complexity index is 485. The van der Waals surface area contributed by atoms with Crippen LogP contribution >= 0.6 is 0 Å². The summed E-state index contributed by atoms with van der Waals surface area (Å²) in [7, 11) is 0. The lowest BCUT2D eigenvalue weighted by Crippen LogP contribution is -2.27. The van der Waals surface area contributed by atoms with Crippen LogP contribution in [-0.2, 0) is 12.8 Å². The fraction of sp³-hybridized carbons (Fsp3) is 0.688. The quantitative estimate of drug-likeness (QED) is 0.767. The van der Waals surface area contributed by atoms with Gasteiger partial charge in [-0.1, -0.05) is 40.5 Å². The number of rotatable bonds is 8. The number of nitrogens with one attached hydrogen (secondary N) is 1. The second-order valence-corrected chi connectivity index (χ2v) is 5.37. The maximum absolute atomic E-state index is 11.7. The largest absolute Gasteiger partial charge is 0.478 e. The Morgan fingerprint density at radius 1 is 1.14 bits per heavy atom. The number of aromatic carboxylic acids is 1. The summed E-state index contributed by atoms with van der Waals surface area (Å²) < 4.78 is 0. The molecule has 1 heterocycles. The monoisotopic (exact) mass is 293 g/mol. The third-order valence-corrected chi connectivity index (χ3v) is 4.18. The van der Waals surface area contributed by atoms with Gasteiger partial charge in [-0.25, -0.2) is 4.79 Å². The Kier molecular flexibility index (Phi) is 6.59. The number of anilines is 1. The molecule has 118 valence electrons. The summed E-state index contributed by atoms with van der Waals surface area (Å²) in [5, 5.41) is 21.1. The summed E-state index contributed by atoms with van der Waals surface area (Å²) in [6.45, 7) is 10.3. The highest BCUT2D eigenvalue weighted by Crippen LogP contribution is 2.24. The van der Waals surface area contributed by atoms with Crippen LogP contribution in [0.15, 0.2) is 0 Å². The SMILES string of the molecule is CCc1nnc(NC(C)C(CC)CC)c(C(=O)O)c1CC. The van der Waals surface area contributed by atoms with Crippen LogP contribution in [0.3, 0.4) is 0 Å². The van der Waals surface area contributed by atoms with Crippen LogP contribution in [0.4, 0.5) is 5.82 Å². The number of hydrogen-bond donors (Lipinski definition) is 2. The molecule has 1 atom stereocenters. The molecule has 1 rings (SSSR count). The van der Waals surface area contributed by atoms with Gasteiger partial charge in [-0.15, -0.1) is 5.10 Å². The first-order valence-electron chi connectivity index (χ1n) is 7.88. The zero-order valence-electron chi connectivity index (χ0n) is 13.7. The van der Waals surface area contributed by atoms with Crippen molar-refractivity contribution < 1.29 is 9.90 Å². The van der Waals surface area contributed by atoms with E-state index in [0.717, 1.165) is 24.1 Å². The fourth-order valence-electron chi connectivity index (χ4n) is 2.83. The lowest BCUT2D eigenvalue weighted by molar-refractivity contribution is 0.0696. The molecule has 1 unspecified atom stereocenters. The Balaban J connectivity index is 3.21. The van der Waals surface area contributed by atoms with E-state index >= 15 is 0 Å². The number of aryl methyl sites for hydroxylation is 1. The average Bonchev–Trinajstić information content (AvgIpc) is 2.47. The van der Waals surface area contributed by atoms with Crippen molar-refractivity contribution in [1.82, 2.24) is 10.2 Å². The Labute approximate surface area is 127 Å². The predicted octanol–water partition coefficient (Wildman–Crippen LogP) is 3.54. The van der Waals surface area contributed by atoms with Crippen molar-refractivity contribution in [1.29, 1.82) is 0 Å². The van der Waals surface area contributed by atoms with Gasteiger partial charge in [0.25, 0.3) is 0 Å². The summed E-state index contributed by atoms with van der Waals surface area (Å²) in [5.41, 5.74) is 1.84. The van der Waals surface area contributed by atoms with Crippen LogP contribution in [-0.4, -0.2) is 27.3 Å². The molecule has 0 aromatic carbocycles. The minimum atomic E-state index is -0.935. The van der Waals surface area contributed by atoms with Crippen LogP contribution < -0.4 is 5.32 Å². The first-order valence-corrected chi connectivity index (χ1v) is 7.88. The Morgan fingerprint density at radius 2 is 1.76 bits per heavy atom. The molecule has 1 aromatic rings. The summed E-state index contributed by atoms with van der Waals surface area (Å²) in [6.07, 6.45) is 3.44. The van der Waals surface area contributed by atoms with E-state index in [1.807, 2.05) is 13.8 Å². The first kappa shape index (κ1) is 17.4. The van der Waals surface area contributed by atoms with Gasteiger partial charge in [-0.05, 0) is 31.2 Å². The topological polar surface area (TPSA) is 75.1 Å². The van der Waals surface area contributed by atoms with Crippen LogP contribution in [0.1, 0.15) is 69.1 Å². The van der Waals surface area contributed by atoms with Gasteiger partial charge in [0.15, 0.2) is 5.82 Å². The van der Waals surface area contributed by atoms with Crippen LogP contribution in [0.25, 0.3) is 0 Å². The van der Waals surface area contributed by atoms with Gasteiger partial charge in [-0.2, -0.15) is 5.10 Å². The van der Waals surface area contributed by atoms with E-state index in [-0.39, 0.29) is 11.6 Å². The molecule has 0 saturated carbocycles. The van der Waals surface area contributed by atoms with Gasteiger partial charge in [0.05, 0.1) is 5.69 Å². The standard InChI is InChI=1S/C16H27N3O2/c1-6-11(7-2)10(5)17-15-14(16(20)21)12(8-3)13(9-4)18-19-15/h10-11H,6-9H2,1-5H3,(H,17,19)(H,20,21). The molecule has 0 saturated heterocycles. The third kappa shape index (κ3) is 3.93. The molecule has 5 nitrogen and oxygen atoms in total. The highest BCUT2D eigenvalue weighted by atomic mass is 16.4. The van der Waals surface area contributed by atoms with E-state index in [1.165, 1.54) is 0 Å². The van der Waals surface area contributed by atoms with E-state index < -0.39 is 5.97 Å². The molecule has 0 radical (unpaired) electrons. The maximum atomic E-state index is 11.7. The first-order chi connectivity index (χ1) is 9.99. The third-order valence-electron chi connectivity index (χ3n) is 4.18. The summed E-state index contributed by atoms with van der Waals surface area (Å²) in [6, 6.07) is 0.171. The lowest BCUT2D eigenvalue weighted by Gasteiger charge is -2.24. The zero-order chi connectivity index (χ0) is 16.0. The van der Waals surface area contributed by atoms with E-state index in [0.29, 0.717) is 24.6 Å². The molecule has 0 aliphatic carbocycles. The molecule has 1 aromatic heterocycles. The molecular formula is C16H27N3O2. The number of carboxylic acids is 1. The molecule has 0 fully saturated rings. The number of carbonyl (C=O) groups is 1. The summed E-state index contributed by atoms with van der Waals surface area (Å²) in [4.78, 5) is 11.7. The van der Waals surface area contributed by atoms with Crippen LogP contribution in [0.5, 0.6) is 0 Å². The van der Waals surface area contributed by atoms with Gasteiger partial charge in [0.1, 0.15) is 5.56 Å². The minimum absolute atomic E-state index is 0.171. The highest BCUT2D eigenvalue weighted by molar-refractivity contribution is 5.95. The zero-order valence-corrected chi connectivity index (χ0v) is 13.7. The predicted molar refractivity (Wildman–Crippen MR) is 84.9 cm³/mol. The number of aromatic nitrogens is 2. The molecule has 0 spiro atoms. The number of nitrogens with zero attached hydrogens (tertiary/aromatic N) is 2. The maximum Gasteiger partial charge on any atom is 0.339 e. The van der Waals surface area contributed by atoms with E-state index in [2.05, 4.69) is 36.3 Å². The van der Waals surface area contributed by atoms with Gasteiger partial charge >= 0.3 is 5.97 Å². The molecule has 5 heteroatoms. The highest BCUT2D eigenvalue weighted by Gasteiger charge is 2.23. The number of hydrogen-bond acceptors (Lipinski definition) is 4. The van der Waals surface area contributed by atoms with Crippen molar-refractivity contribution in [3.8, 4) is 0 Å². The van der Waals surface area contributed by atoms with Gasteiger partial charge in [0, 0.05) is 6.04 Å². The van der Waals surface area contributed by atoms with Crippen LogP contribution in [0, 0.1) is 5.92 Å². The second-order valence-electron chi connectivity index (χ2n) is 5.37. The molecule has 21 heavy (non-hydrogen) atoms. The summed E-state index contributed by atoms with van der Waals surface area (Å²) in [5.74, 6) is -0.0454. The van der Waals surface area contributed by atoms with Crippen molar-refractivity contribution in [2.24, 2.45) is 5.92 Å². The van der Waals surface area contributed by atoms with Crippen molar-refractivity contribution >= 4 is 11.8 Å². The van der Waals surface area contributed by atoms with Gasteiger partial charge in [0.2, 0.25) is 0 Å². The summed E-state index contributed by atoms with van der Waals surface area (Å²) >= 11 is 0. The normalized spacial score (nSPS) is 12.5. The fourth-order valence-corrected chi connectivity index (χ4v) is 2.83. The smallest absolute Gasteiger partial charge is 0.339 e. The van der Waals surface area contributed by atoms with E-state index in [9.17, 15) is 9.90 Å².